The largest absolute Gasteiger partial charge is 0.440 e. The van der Waals surface area contributed by atoms with Crippen LogP contribution in [-0.4, -0.2) is 27.7 Å². The summed E-state index contributed by atoms with van der Waals surface area (Å²) in [4.78, 5) is 31.9. The normalized spacial score (nSPS) is 16.2. The summed E-state index contributed by atoms with van der Waals surface area (Å²) in [5, 5.41) is 1.95. The van der Waals surface area contributed by atoms with Crippen LogP contribution in [0.2, 0.25) is 0 Å². The molecule has 138 valence electrons. The first-order valence-electron chi connectivity index (χ1n) is 8.68. The Morgan fingerprint density at radius 2 is 2.04 bits per heavy atom. The maximum Gasteiger partial charge on any atom is 0.240 e. The zero-order valence-electron chi connectivity index (χ0n) is 14.8. The molecule has 7 heteroatoms. The van der Waals surface area contributed by atoms with Crippen molar-refractivity contribution in [3.8, 4) is 10.8 Å². The molecular weight excluding hydrogens is 362 g/mol. The summed E-state index contributed by atoms with van der Waals surface area (Å²) >= 11 is 1.53. The lowest BCUT2D eigenvalue weighted by molar-refractivity contribution is -0.140. The fraction of sp³-hybridized carbons (Fsp3) is 0.250. The smallest absolute Gasteiger partial charge is 0.240 e. The molecule has 1 aliphatic heterocycles. The van der Waals surface area contributed by atoms with Gasteiger partial charge in [0.25, 0.3) is 0 Å². The predicted octanol–water partition coefficient (Wildman–Crippen LogP) is 2.69. The molecule has 1 atom stereocenters. The zero-order valence-corrected chi connectivity index (χ0v) is 15.7. The van der Waals surface area contributed by atoms with E-state index in [1.165, 1.54) is 11.3 Å². The van der Waals surface area contributed by atoms with Gasteiger partial charge in [0.1, 0.15) is 11.8 Å². The average Bonchev–Trinajstić information content (AvgIpc) is 3.31. The van der Waals surface area contributed by atoms with Crippen LogP contribution in [0.25, 0.3) is 10.8 Å². The number of rotatable bonds is 4. The van der Waals surface area contributed by atoms with Crippen LogP contribution in [0.1, 0.15) is 22.6 Å². The molecule has 1 aromatic carbocycles. The van der Waals surface area contributed by atoms with Gasteiger partial charge in [-0.2, -0.15) is 0 Å². The second-order valence-corrected chi connectivity index (χ2v) is 7.54. The van der Waals surface area contributed by atoms with Gasteiger partial charge in [0.2, 0.25) is 17.7 Å². The van der Waals surface area contributed by atoms with Crippen molar-refractivity contribution in [1.82, 2.24) is 9.88 Å². The SMILES string of the molecule is Cc1oc(-c2cccs2)nc1CC(=O)N1Cc2ccccc2C[C@@H]1C(N)=O. The van der Waals surface area contributed by atoms with Crippen molar-refractivity contribution in [1.29, 1.82) is 0 Å². The molecule has 4 rings (SSSR count). The molecule has 2 aromatic heterocycles. The Balaban J connectivity index is 1.58. The summed E-state index contributed by atoms with van der Waals surface area (Å²) in [6, 6.07) is 11.0. The Hall–Kier alpha value is -2.93. The van der Waals surface area contributed by atoms with Gasteiger partial charge in [-0.05, 0) is 29.5 Å². The van der Waals surface area contributed by atoms with Crippen LogP contribution in [0.5, 0.6) is 0 Å². The number of hydrogen-bond donors (Lipinski definition) is 1. The Labute approximate surface area is 160 Å². The number of fused-ring (bicyclic) bond motifs is 1. The van der Waals surface area contributed by atoms with Crippen molar-refractivity contribution in [2.24, 2.45) is 5.73 Å². The summed E-state index contributed by atoms with van der Waals surface area (Å²) < 4.78 is 5.71. The van der Waals surface area contributed by atoms with E-state index in [9.17, 15) is 9.59 Å². The number of carbonyl (C=O) groups excluding carboxylic acids is 2. The molecule has 3 aromatic rings. The third-order valence-electron chi connectivity index (χ3n) is 4.84. The summed E-state index contributed by atoms with van der Waals surface area (Å²) in [7, 11) is 0. The summed E-state index contributed by atoms with van der Waals surface area (Å²) in [6.45, 7) is 2.17. The Kier molecular flexibility index (Phi) is 4.53. The fourth-order valence-electron chi connectivity index (χ4n) is 3.38. The minimum atomic E-state index is -0.642. The molecule has 3 heterocycles. The molecule has 0 unspecified atom stereocenters. The maximum absolute atomic E-state index is 13.0. The molecule has 0 bridgehead atoms. The van der Waals surface area contributed by atoms with E-state index < -0.39 is 11.9 Å². The van der Waals surface area contributed by atoms with Crippen LogP contribution < -0.4 is 5.73 Å². The molecule has 2 N–H and O–H groups in total. The van der Waals surface area contributed by atoms with Crippen molar-refractivity contribution in [2.75, 3.05) is 0 Å². The lowest BCUT2D eigenvalue weighted by Gasteiger charge is -2.35. The lowest BCUT2D eigenvalue weighted by Crippen LogP contribution is -2.51. The monoisotopic (exact) mass is 381 g/mol. The van der Waals surface area contributed by atoms with Gasteiger partial charge in [0.15, 0.2) is 0 Å². The predicted molar refractivity (Wildman–Crippen MR) is 102 cm³/mol. The number of nitrogens with two attached hydrogens (primary N) is 1. The maximum atomic E-state index is 13.0. The fourth-order valence-corrected chi connectivity index (χ4v) is 4.03. The Bertz CT molecular complexity index is 994. The third-order valence-corrected chi connectivity index (χ3v) is 5.70. The van der Waals surface area contributed by atoms with E-state index >= 15 is 0 Å². The van der Waals surface area contributed by atoms with Crippen molar-refractivity contribution in [3.63, 3.8) is 0 Å². The van der Waals surface area contributed by atoms with Crippen LogP contribution >= 0.6 is 11.3 Å². The molecular formula is C20H19N3O3S. The highest BCUT2D eigenvalue weighted by atomic mass is 32.1. The van der Waals surface area contributed by atoms with E-state index in [-0.39, 0.29) is 12.3 Å². The van der Waals surface area contributed by atoms with Gasteiger partial charge in [-0.15, -0.1) is 11.3 Å². The standard InChI is InChI=1S/C20H19N3O3S/c1-12-15(22-20(26-12)17-7-4-8-27-17)10-18(24)23-11-14-6-3-2-5-13(14)9-16(23)19(21)25/h2-8,16H,9-11H2,1H3,(H2,21,25)/t16-/m1/s1. The summed E-state index contributed by atoms with van der Waals surface area (Å²) in [5.41, 5.74) is 8.27. The Morgan fingerprint density at radius 1 is 1.26 bits per heavy atom. The van der Waals surface area contributed by atoms with E-state index in [4.69, 9.17) is 10.2 Å². The minimum absolute atomic E-state index is 0.0760. The van der Waals surface area contributed by atoms with Gasteiger partial charge >= 0.3 is 0 Å². The van der Waals surface area contributed by atoms with Gasteiger partial charge in [0.05, 0.1) is 17.0 Å². The second kappa shape index (κ2) is 7.00. The number of nitrogens with zero attached hydrogens (tertiary/aromatic N) is 2. The van der Waals surface area contributed by atoms with E-state index in [1.807, 2.05) is 41.8 Å². The van der Waals surface area contributed by atoms with Gasteiger partial charge in [-0.3, -0.25) is 9.59 Å². The molecule has 0 fully saturated rings. The number of primary amides is 1. The third kappa shape index (κ3) is 3.38. The minimum Gasteiger partial charge on any atom is -0.440 e. The number of aromatic nitrogens is 1. The highest BCUT2D eigenvalue weighted by Crippen LogP contribution is 2.28. The number of hydrogen-bond acceptors (Lipinski definition) is 5. The molecule has 0 saturated heterocycles. The van der Waals surface area contributed by atoms with E-state index in [0.717, 1.165) is 16.0 Å². The number of carbonyl (C=O) groups is 2. The van der Waals surface area contributed by atoms with Crippen molar-refractivity contribution >= 4 is 23.2 Å². The van der Waals surface area contributed by atoms with Crippen LogP contribution in [0.3, 0.4) is 0 Å². The highest BCUT2D eigenvalue weighted by molar-refractivity contribution is 7.13. The lowest BCUT2D eigenvalue weighted by atomic mass is 9.93. The van der Waals surface area contributed by atoms with Crippen molar-refractivity contribution in [3.05, 3.63) is 64.4 Å². The molecule has 0 spiro atoms. The Morgan fingerprint density at radius 3 is 2.74 bits per heavy atom. The zero-order chi connectivity index (χ0) is 19.0. The summed E-state index contributed by atoms with van der Waals surface area (Å²) in [6.07, 6.45) is 0.516. The molecule has 2 amide bonds. The molecule has 27 heavy (non-hydrogen) atoms. The van der Waals surface area contributed by atoms with Crippen LogP contribution in [0.15, 0.2) is 46.2 Å². The number of oxazole rings is 1. The number of thiophene rings is 1. The van der Waals surface area contributed by atoms with E-state index in [0.29, 0.717) is 30.3 Å². The number of aryl methyl sites for hydroxylation is 1. The first kappa shape index (κ1) is 17.5. The van der Waals surface area contributed by atoms with Crippen LogP contribution in [0.4, 0.5) is 0 Å². The first-order valence-corrected chi connectivity index (χ1v) is 9.56. The molecule has 0 aliphatic carbocycles. The topological polar surface area (TPSA) is 89.4 Å². The van der Waals surface area contributed by atoms with E-state index in [2.05, 4.69) is 4.98 Å². The van der Waals surface area contributed by atoms with Crippen molar-refractivity contribution < 1.29 is 14.0 Å². The molecule has 0 saturated carbocycles. The van der Waals surface area contributed by atoms with Gasteiger partial charge in [-0.1, -0.05) is 30.3 Å². The first-order chi connectivity index (χ1) is 13.0. The molecule has 6 nitrogen and oxygen atoms in total. The van der Waals surface area contributed by atoms with Gasteiger partial charge < -0.3 is 15.1 Å². The highest BCUT2D eigenvalue weighted by Gasteiger charge is 2.33. The molecule has 1 aliphatic rings. The number of amides is 2. The van der Waals surface area contributed by atoms with Crippen molar-refractivity contribution in [2.45, 2.75) is 32.4 Å². The summed E-state index contributed by atoms with van der Waals surface area (Å²) in [5.74, 6) is 0.456. The van der Waals surface area contributed by atoms with Gasteiger partial charge in [-0.25, -0.2) is 4.98 Å². The second-order valence-electron chi connectivity index (χ2n) is 6.59. The van der Waals surface area contributed by atoms with Gasteiger partial charge in [0, 0.05) is 13.0 Å². The quantitative estimate of drug-likeness (QED) is 0.752. The van der Waals surface area contributed by atoms with E-state index in [1.54, 1.807) is 11.8 Å². The van der Waals surface area contributed by atoms with Crippen LogP contribution in [-0.2, 0) is 29.0 Å². The number of benzene rings is 1. The average molecular weight is 381 g/mol. The molecule has 0 radical (unpaired) electrons. The van der Waals surface area contributed by atoms with Crippen LogP contribution in [0, 0.1) is 6.92 Å².